The van der Waals surface area contributed by atoms with Crippen LogP contribution in [0.3, 0.4) is 0 Å². The molecule has 0 amide bonds. The SMILES string of the molecule is Cc1cccc(OCC2=CC([C@@H]3CCCC[C@H]3[Se]c3ccccc3)N=N2)c1. The topological polar surface area (TPSA) is 34.0 Å². The summed E-state index contributed by atoms with van der Waals surface area (Å²) in [7, 11) is 0. The van der Waals surface area contributed by atoms with E-state index in [2.05, 4.69) is 65.7 Å². The third-order valence-electron chi connectivity index (χ3n) is 5.28. The maximum atomic E-state index is 5.91. The van der Waals surface area contributed by atoms with Gasteiger partial charge in [-0.2, -0.15) is 0 Å². The molecule has 0 spiro atoms. The van der Waals surface area contributed by atoms with E-state index >= 15 is 0 Å². The molecule has 2 aromatic rings. The zero-order valence-electron chi connectivity index (χ0n) is 15.8. The Bertz CT molecular complexity index is 818. The number of rotatable bonds is 6. The summed E-state index contributed by atoms with van der Waals surface area (Å²) >= 11 is 0.510. The van der Waals surface area contributed by atoms with Gasteiger partial charge >= 0.3 is 168 Å². The van der Waals surface area contributed by atoms with Gasteiger partial charge in [-0.25, -0.2) is 0 Å². The maximum absolute atomic E-state index is 5.91. The van der Waals surface area contributed by atoms with E-state index in [-0.39, 0.29) is 6.04 Å². The Morgan fingerprint density at radius 1 is 1.04 bits per heavy atom. The molecule has 4 rings (SSSR count). The van der Waals surface area contributed by atoms with Crippen LogP contribution in [0.2, 0.25) is 4.82 Å². The second kappa shape index (κ2) is 8.86. The van der Waals surface area contributed by atoms with Crippen molar-refractivity contribution in [3.05, 3.63) is 71.9 Å². The standard InChI is InChI=1S/C23H26N2OSe/c1-17-8-7-9-19(14-17)26-16-18-15-22(25-24-18)21-12-5-6-13-23(21)27-20-10-3-2-4-11-20/h2-4,7-11,14-15,21-23H,5-6,12-13,16H2,1H3/t21-,22?,23+/m0/s1. The second-order valence-corrected chi connectivity index (χ2v) is 10.1. The summed E-state index contributed by atoms with van der Waals surface area (Å²) in [5.74, 6) is 1.52. The fourth-order valence-electron chi connectivity index (χ4n) is 3.89. The van der Waals surface area contributed by atoms with Gasteiger partial charge < -0.3 is 0 Å². The Kier molecular flexibility index (Phi) is 6.06. The molecule has 27 heavy (non-hydrogen) atoms. The van der Waals surface area contributed by atoms with Crippen molar-refractivity contribution < 1.29 is 4.74 Å². The zero-order valence-corrected chi connectivity index (χ0v) is 17.5. The van der Waals surface area contributed by atoms with Crippen molar-refractivity contribution in [1.29, 1.82) is 0 Å². The monoisotopic (exact) mass is 426 g/mol. The third-order valence-corrected chi connectivity index (χ3v) is 8.29. The van der Waals surface area contributed by atoms with E-state index in [1.54, 1.807) is 0 Å². The summed E-state index contributed by atoms with van der Waals surface area (Å²) in [6.07, 6.45) is 7.52. The quantitative estimate of drug-likeness (QED) is 0.593. The van der Waals surface area contributed by atoms with Gasteiger partial charge in [0.1, 0.15) is 0 Å². The van der Waals surface area contributed by atoms with E-state index in [9.17, 15) is 0 Å². The van der Waals surface area contributed by atoms with Crippen molar-refractivity contribution in [1.82, 2.24) is 0 Å². The van der Waals surface area contributed by atoms with E-state index in [4.69, 9.17) is 4.74 Å². The van der Waals surface area contributed by atoms with Gasteiger partial charge in [0.2, 0.25) is 0 Å². The molecule has 1 unspecified atom stereocenters. The van der Waals surface area contributed by atoms with E-state index in [0.717, 1.165) is 16.3 Å². The average molecular weight is 425 g/mol. The first-order valence-corrected chi connectivity index (χ1v) is 11.7. The van der Waals surface area contributed by atoms with Gasteiger partial charge in [0, 0.05) is 0 Å². The Morgan fingerprint density at radius 3 is 2.74 bits per heavy atom. The first-order valence-electron chi connectivity index (χ1n) is 9.81. The van der Waals surface area contributed by atoms with Crippen molar-refractivity contribution >= 4 is 19.4 Å². The van der Waals surface area contributed by atoms with Gasteiger partial charge in [-0.3, -0.25) is 0 Å². The van der Waals surface area contributed by atoms with Crippen LogP contribution < -0.4 is 9.20 Å². The van der Waals surface area contributed by atoms with Gasteiger partial charge in [0.15, 0.2) is 0 Å². The van der Waals surface area contributed by atoms with Crippen molar-refractivity contribution in [2.24, 2.45) is 16.1 Å². The molecule has 0 N–H and O–H groups in total. The van der Waals surface area contributed by atoms with Gasteiger partial charge in [-0.1, -0.05) is 0 Å². The molecule has 1 heterocycles. The van der Waals surface area contributed by atoms with Gasteiger partial charge in [-0.05, 0) is 0 Å². The number of azo groups is 1. The molecule has 1 saturated carbocycles. The molecule has 2 aromatic carbocycles. The average Bonchev–Trinajstić information content (AvgIpc) is 3.17. The number of hydrogen-bond acceptors (Lipinski definition) is 3. The Hall–Kier alpha value is -1.90. The molecule has 140 valence electrons. The summed E-state index contributed by atoms with van der Waals surface area (Å²) in [6.45, 7) is 2.58. The van der Waals surface area contributed by atoms with Crippen molar-refractivity contribution in [3.8, 4) is 5.75 Å². The molecular weight excluding hydrogens is 399 g/mol. The van der Waals surface area contributed by atoms with E-state index in [0.29, 0.717) is 27.5 Å². The Labute approximate surface area is 168 Å². The van der Waals surface area contributed by atoms with Crippen LogP contribution in [0.5, 0.6) is 5.75 Å². The normalized spacial score (nSPS) is 24.6. The van der Waals surface area contributed by atoms with Crippen LogP contribution in [-0.4, -0.2) is 27.6 Å². The molecule has 1 aliphatic heterocycles. The van der Waals surface area contributed by atoms with Gasteiger partial charge in [0.25, 0.3) is 0 Å². The summed E-state index contributed by atoms with van der Waals surface area (Å²) in [5.41, 5.74) is 2.18. The molecule has 3 nitrogen and oxygen atoms in total. The molecule has 0 bridgehead atoms. The number of nitrogens with zero attached hydrogens (tertiary/aromatic N) is 2. The minimum atomic E-state index is 0.233. The fourth-order valence-corrected chi connectivity index (χ4v) is 6.87. The molecule has 1 fully saturated rings. The van der Waals surface area contributed by atoms with Crippen LogP contribution >= 0.6 is 0 Å². The summed E-state index contributed by atoms with van der Waals surface area (Å²) in [5, 5.41) is 9.06. The van der Waals surface area contributed by atoms with Crippen LogP contribution in [0.4, 0.5) is 0 Å². The molecule has 0 saturated heterocycles. The second-order valence-electron chi connectivity index (χ2n) is 7.39. The third kappa shape index (κ3) is 4.88. The summed E-state index contributed by atoms with van der Waals surface area (Å²) in [4.78, 5) is 0.755. The van der Waals surface area contributed by atoms with E-state index in [1.807, 2.05) is 12.1 Å². The Morgan fingerprint density at radius 2 is 1.89 bits per heavy atom. The van der Waals surface area contributed by atoms with Crippen molar-refractivity contribution in [2.45, 2.75) is 43.5 Å². The molecule has 0 radical (unpaired) electrons. The minimum absolute atomic E-state index is 0.233. The summed E-state index contributed by atoms with van der Waals surface area (Å²) < 4.78 is 7.41. The van der Waals surface area contributed by atoms with Crippen LogP contribution in [0.15, 0.2) is 76.6 Å². The first-order chi connectivity index (χ1) is 13.3. The number of benzene rings is 2. The van der Waals surface area contributed by atoms with Crippen LogP contribution in [0.1, 0.15) is 31.2 Å². The predicted molar refractivity (Wildman–Crippen MR) is 111 cm³/mol. The fraction of sp³-hybridized carbons (Fsp3) is 0.391. The summed E-state index contributed by atoms with van der Waals surface area (Å²) in [6, 6.07) is 19.4. The molecule has 2 aliphatic rings. The van der Waals surface area contributed by atoms with Gasteiger partial charge in [0.05, 0.1) is 0 Å². The Balaban J connectivity index is 1.39. The zero-order chi connectivity index (χ0) is 18.5. The van der Waals surface area contributed by atoms with Crippen LogP contribution in [0, 0.1) is 12.8 Å². The predicted octanol–water partition coefficient (Wildman–Crippen LogP) is 5.10. The van der Waals surface area contributed by atoms with Crippen molar-refractivity contribution in [2.75, 3.05) is 6.61 Å². The van der Waals surface area contributed by atoms with Gasteiger partial charge in [-0.15, -0.1) is 0 Å². The van der Waals surface area contributed by atoms with Crippen molar-refractivity contribution in [3.63, 3.8) is 0 Å². The number of aryl methyl sites for hydroxylation is 1. The van der Waals surface area contributed by atoms with E-state index < -0.39 is 0 Å². The number of hydrogen-bond donors (Lipinski definition) is 0. The molecular formula is C23H26N2OSe. The first kappa shape index (κ1) is 18.5. The number of ether oxygens (including phenoxy) is 1. The van der Waals surface area contributed by atoms with Crippen LogP contribution in [-0.2, 0) is 0 Å². The molecule has 3 atom stereocenters. The molecule has 1 aliphatic carbocycles. The van der Waals surface area contributed by atoms with Crippen LogP contribution in [0.25, 0.3) is 0 Å². The van der Waals surface area contributed by atoms with E-state index in [1.165, 1.54) is 35.7 Å². The molecule has 4 heteroatoms. The molecule has 0 aromatic heterocycles.